The second-order valence-electron chi connectivity index (χ2n) is 6.10. The van der Waals surface area contributed by atoms with E-state index in [1.165, 1.54) is 11.3 Å². The molecule has 0 fully saturated rings. The first-order chi connectivity index (χ1) is 13.3. The molecule has 0 saturated carbocycles. The standard InChI is InChI=1S/C19H25N3O5S/c1-11(18(24)21-19-13(17(20)23)8-9-28-19)22(2)10-12-6-7-14(25-3)16(27-5)15(12)26-4/h6-9,11H,10H2,1-5H3,(H2,20,23)(H,21,24)/t11-/m1/s1. The number of methoxy groups -OCH3 is 3. The molecule has 9 heteroatoms. The molecule has 2 amide bonds. The Kier molecular flexibility index (Phi) is 7.24. The van der Waals surface area contributed by atoms with Gasteiger partial charge in [0, 0.05) is 12.1 Å². The summed E-state index contributed by atoms with van der Waals surface area (Å²) in [6, 6.07) is 4.78. The van der Waals surface area contributed by atoms with Gasteiger partial charge in [-0.2, -0.15) is 0 Å². The number of likely N-dealkylation sites (N-methyl/N-ethyl adjacent to an activating group) is 1. The molecule has 2 aromatic rings. The Morgan fingerprint density at radius 3 is 2.39 bits per heavy atom. The summed E-state index contributed by atoms with van der Waals surface area (Å²) < 4.78 is 16.2. The van der Waals surface area contributed by atoms with Gasteiger partial charge in [-0.15, -0.1) is 11.3 Å². The van der Waals surface area contributed by atoms with Gasteiger partial charge in [0.1, 0.15) is 5.00 Å². The number of amides is 2. The van der Waals surface area contributed by atoms with E-state index in [1.807, 2.05) is 18.0 Å². The molecule has 1 aromatic carbocycles. The molecule has 0 aliphatic carbocycles. The van der Waals surface area contributed by atoms with E-state index in [-0.39, 0.29) is 5.91 Å². The Balaban J connectivity index is 2.15. The first-order valence-corrected chi connectivity index (χ1v) is 9.38. The SMILES string of the molecule is COc1ccc(CN(C)[C@H](C)C(=O)Nc2sccc2C(N)=O)c(OC)c1OC. The van der Waals surface area contributed by atoms with Gasteiger partial charge in [-0.1, -0.05) is 6.07 Å². The molecular weight excluding hydrogens is 382 g/mol. The van der Waals surface area contributed by atoms with Gasteiger partial charge in [0.25, 0.3) is 5.91 Å². The number of nitrogens with zero attached hydrogens (tertiary/aromatic N) is 1. The molecule has 0 saturated heterocycles. The fourth-order valence-electron chi connectivity index (χ4n) is 2.71. The summed E-state index contributed by atoms with van der Waals surface area (Å²) in [5.74, 6) is 0.793. The Morgan fingerprint density at radius 2 is 1.82 bits per heavy atom. The Bertz CT molecular complexity index is 852. The highest BCUT2D eigenvalue weighted by atomic mass is 32.1. The van der Waals surface area contributed by atoms with Crippen molar-refractivity contribution in [1.29, 1.82) is 0 Å². The molecule has 0 aliphatic rings. The van der Waals surface area contributed by atoms with Crippen molar-refractivity contribution in [2.75, 3.05) is 33.7 Å². The number of hydrogen-bond acceptors (Lipinski definition) is 7. The van der Waals surface area contributed by atoms with Gasteiger partial charge in [-0.05, 0) is 31.5 Å². The van der Waals surface area contributed by atoms with Gasteiger partial charge in [0.2, 0.25) is 11.7 Å². The lowest BCUT2D eigenvalue weighted by Gasteiger charge is -2.25. The first kappa shape index (κ1) is 21.5. The fraction of sp³-hybridized carbons (Fsp3) is 0.368. The average Bonchev–Trinajstić information content (AvgIpc) is 3.14. The molecule has 3 N–H and O–H groups in total. The molecule has 28 heavy (non-hydrogen) atoms. The predicted octanol–water partition coefficient (Wildman–Crippen LogP) is 2.33. The molecule has 0 unspecified atom stereocenters. The third-order valence-electron chi connectivity index (χ3n) is 4.41. The van der Waals surface area contributed by atoms with Crippen LogP contribution in [0.1, 0.15) is 22.8 Å². The lowest BCUT2D eigenvalue weighted by molar-refractivity contribution is -0.120. The van der Waals surface area contributed by atoms with Gasteiger partial charge in [-0.3, -0.25) is 14.5 Å². The zero-order valence-corrected chi connectivity index (χ0v) is 17.4. The largest absolute Gasteiger partial charge is 0.493 e. The number of primary amides is 1. The van der Waals surface area contributed by atoms with Crippen LogP contribution in [-0.2, 0) is 11.3 Å². The van der Waals surface area contributed by atoms with Crippen LogP contribution in [0.5, 0.6) is 17.2 Å². The summed E-state index contributed by atoms with van der Waals surface area (Å²) in [7, 11) is 6.48. The van der Waals surface area contributed by atoms with Crippen molar-refractivity contribution in [3.8, 4) is 17.2 Å². The second kappa shape index (κ2) is 9.43. The van der Waals surface area contributed by atoms with E-state index in [0.717, 1.165) is 5.56 Å². The Labute approximate surface area is 168 Å². The van der Waals surface area contributed by atoms with E-state index in [9.17, 15) is 9.59 Å². The zero-order chi connectivity index (χ0) is 20.8. The highest BCUT2D eigenvalue weighted by Crippen LogP contribution is 2.40. The van der Waals surface area contributed by atoms with Crippen LogP contribution in [0.15, 0.2) is 23.6 Å². The summed E-state index contributed by atoms with van der Waals surface area (Å²) in [6.07, 6.45) is 0. The molecule has 0 bridgehead atoms. The van der Waals surface area contributed by atoms with Crippen molar-refractivity contribution < 1.29 is 23.8 Å². The van der Waals surface area contributed by atoms with E-state index < -0.39 is 11.9 Å². The van der Waals surface area contributed by atoms with Crippen LogP contribution in [0.2, 0.25) is 0 Å². The Morgan fingerprint density at radius 1 is 1.14 bits per heavy atom. The van der Waals surface area contributed by atoms with Gasteiger partial charge in [0.15, 0.2) is 11.5 Å². The van der Waals surface area contributed by atoms with Gasteiger partial charge < -0.3 is 25.3 Å². The Hall–Kier alpha value is -2.78. The molecule has 8 nitrogen and oxygen atoms in total. The lowest BCUT2D eigenvalue weighted by Crippen LogP contribution is -2.39. The number of thiophene rings is 1. The molecule has 1 aromatic heterocycles. The van der Waals surface area contributed by atoms with Crippen molar-refractivity contribution in [3.63, 3.8) is 0 Å². The van der Waals surface area contributed by atoms with Gasteiger partial charge >= 0.3 is 0 Å². The number of carbonyl (C=O) groups is 2. The third kappa shape index (κ3) is 4.55. The molecule has 2 rings (SSSR count). The van der Waals surface area contributed by atoms with Crippen molar-refractivity contribution in [2.24, 2.45) is 5.73 Å². The maximum absolute atomic E-state index is 12.6. The minimum absolute atomic E-state index is 0.244. The number of ether oxygens (including phenoxy) is 3. The maximum Gasteiger partial charge on any atom is 0.251 e. The van der Waals surface area contributed by atoms with E-state index in [4.69, 9.17) is 19.9 Å². The van der Waals surface area contributed by atoms with Crippen LogP contribution in [0.3, 0.4) is 0 Å². The molecule has 1 heterocycles. The normalized spacial score (nSPS) is 11.8. The molecule has 1 atom stereocenters. The highest BCUT2D eigenvalue weighted by molar-refractivity contribution is 7.14. The smallest absolute Gasteiger partial charge is 0.251 e. The van der Waals surface area contributed by atoms with Crippen LogP contribution >= 0.6 is 11.3 Å². The monoisotopic (exact) mass is 407 g/mol. The van der Waals surface area contributed by atoms with Crippen LogP contribution in [0.4, 0.5) is 5.00 Å². The summed E-state index contributed by atoms with van der Waals surface area (Å²) in [5.41, 5.74) is 6.47. The van der Waals surface area contributed by atoms with Crippen molar-refractivity contribution in [3.05, 3.63) is 34.7 Å². The van der Waals surface area contributed by atoms with Gasteiger partial charge in [-0.25, -0.2) is 0 Å². The average molecular weight is 407 g/mol. The summed E-state index contributed by atoms with van der Waals surface area (Å²) in [6.45, 7) is 2.21. The van der Waals surface area contributed by atoms with E-state index in [0.29, 0.717) is 34.4 Å². The van der Waals surface area contributed by atoms with E-state index in [2.05, 4.69) is 5.32 Å². The highest BCUT2D eigenvalue weighted by Gasteiger charge is 2.23. The molecule has 0 radical (unpaired) electrons. The fourth-order valence-corrected chi connectivity index (χ4v) is 3.51. The van der Waals surface area contributed by atoms with Crippen molar-refractivity contribution >= 4 is 28.2 Å². The third-order valence-corrected chi connectivity index (χ3v) is 5.24. The zero-order valence-electron chi connectivity index (χ0n) is 16.6. The summed E-state index contributed by atoms with van der Waals surface area (Å²) in [5, 5.41) is 4.92. The van der Waals surface area contributed by atoms with Crippen LogP contribution < -0.4 is 25.3 Å². The van der Waals surface area contributed by atoms with Gasteiger partial charge in [0.05, 0.1) is 32.9 Å². The lowest BCUT2D eigenvalue weighted by atomic mass is 10.1. The minimum Gasteiger partial charge on any atom is -0.493 e. The second-order valence-corrected chi connectivity index (χ2v) is 7.02. The number of hydrogen-bond donors (Lipinski definition) is 2. The van der Waals surface area contributed by atoms with Crippen molar-refractivity contribution in [2.45, 2.75) is 19.5 Å². The molecule has 0 aliphatic heterocycles. The number of rotatable bonds is 9. The molecular formula is C19H25N3O5S. The quantitative estimate of drug-likeness (QED) is 0.661. The number of benzene rings is 1. The summed E-state index contributed by atoms with van der Waals surface area (Å²) >= 11 is 1.25. The topological polar surface area (TPSA) is 103 Å². The molecule has 152 valence electrons. The maximum atomic E-state index is 12.6. The number of carbonyl (C=O) groups excluding carboxylic acids is 2. The van der Waals surface area contributed by atoms with E-state index in [1.54, 1.807) is 45.8 Å². The summed E-state index contributed by atoms with van der Waals surface area (Å²) in [4.78, 5) is 25.9. The van der Waals surface area contributed by atoms with E-state index >= 15 is 0 Å². The minimum atomic E-state index is -0.576. The number of nitrogens with two attached hydrogens (primary N) is 1. The number of nitrogens with one attached hydrogen (secondary N) is 1. The molecule has 0 spiro atoms. The number of anilines is 1. The van der Waals surface area contributed by atoms with Crippen LogP contribution in [-0.4, -0.2) is 51.1 Å². The van der Waals surface area contributed by atoms with Crippen molar-refractivity contribution in [1.82, 2.24) is 4.90 Å². The predicted molar refractivity (Wildman–Crippen MR) is 108 cm³/mol. The first-order valence-electron chi connectivity index (χ1n) is 8.50. The van der Waals surface area contributed by atoms with Crippen LogP contribution in [0.25, 0.3) is 0 Å². The van der Waals surface area contributed by atoms with Crippen LogP contribution in [0, 0.1) is 0 Å².